The molecule has 1 fully saturated rings. The van der Waals surface area contributed by atoms with Crippen LogP contribution in [0.4, 0.5) is 0 Å². The first-order valence-electron chi connectivity index (χ1n) is 8.53. The third kappa shape index (κ3) is 4.44. The van der Waals surface area contributed by atoms with Crippen LogP contribution in [-0.4, -0.2) is 18.6 Å². The van der Waals surface area contributed by atoms with Gasteiger partial charge in [-0.05, 0) is 50.3 Å². The van der Waals surface area contributed by atoms with Crippen LogP contribution >= 0.6 is 0 Å². The summed E-state index contributed by atoms with van der Waals surface area (Å²) in [7, 11) is 2.07. The second-order valence-electron chi connectivity index (χ2n) is 6.22. The Balaban J connectivity index is 2.01. The van der Waals surface area contributed by atoms with E-state index in [2.05, 4.69) is 30.3 Å². The predicted molar refractivity (Wildman–Crippen MR) is 87.6 cm³/mol. The molecule has 3 heteroatoms. The van der Waals surface area contributed by atoms with E-state index in [9.17, 15) is 0 Å². The summed E-state index contributed by atoms with van der Waals surface area (Å²) in [5, 5.41) is 3.51. The zero-order chi connectivity index (χ0) is 15.1. The molecule has 1 aromatic heterocycles. The fourth-order valence-electron chi connectivity index (χ4n) is 3.74. The number of pyridine rings is 1. The highest BCUT2D eigenvalue weighted by atomic mass is 16.5. The minimum Gasteiger partial charge on any atom is -0.492 e. The van der Waals surface area contributed by atoms with E-state index in [1.807, 2.05) is 13.1 Å². The molecule has 1 atom stereocenters. The Bertz CT molecular complexity index is 413. The van der Waals surface area contributed by atoms with Gasteiger partial charge in [-0.15, -0.1) is 0 Å². The lowest BCUT2D eigenvalue weighted by Gasteiger charge is -2.34. The molecule has 0 spiro atoms. The van der Waals surface area contributed by atoms with Crippen molar-refractivity contribution in [2.75, 3.05) is 13.7 Å². The van der Waals surface area contributed by atoms with E-state index in [0.29, 0.717) is 12.6 Å². The van der Waals surface area contributed by atoms with E-state index in [0.717, 1.165) is 17.6 Å². The third-order valence-corrected chi connectivity index (χ3v) is 4.78. The molecule has 1 saturated carbocycles. The van der Waals surface area contributed by atoms with Crippen LogP contribution in [-0.2, 0) is 0 Å². The molecule has 118 valence electrons. The summed E-state index contributed by atoms with van der Waals surface area (Å²) >= 11 is 0. The molecular formula is C18H30N2O. The molecule has 1 N–H and O–H groups in total. The van der Waals surface area contributed by atoms with Crippen LogP contribution in [0.1, 0.15) is 64.0 Å². The summed E-state index contributed by atoms with van der Waals surface area (Å²) in [6, 6.07) is 2.55. The first-order chi connectivity index (χ1) is 10.3. The van der Waals surface area contributed by atoms with Crippen molar-refractivity contribution in [2.45, 2.75) is 58.4 Å². The van der Waals surface area contributed by atoms with E-state index in [1.54, 1.807) is 6.20 Å². The lowest BCUT2D eigenvalue weighted by Crippen LogP contribution is -2.29. The van der Waals surface area contributed by atoms with Crippen molar-refractivity contribution in [2.24, 2.45) is 11.8 Å². The van der Waals surface area contributed by atoms with Gasteiger partial charge in [0.2, 0.25) is 0 Å². The minimum atomic E-state index is 0.403. The smallest absolute Gasteiger partial charge is 0.137 e. The summed E-state index contributed by atoms with van der Waals surface area (Å²) in [6.45, 7) is 5.00. The van der Waals surface area contributed by atoms with E-state index in [4.69, 9.17) is 4.74 Å². The van der Waals surface area contributed by atoms with Gasteiger partial charge in [-0.2, -0.15) is 0 Å². The Kier molecular flexibility index (Phi) is 6.50. The van der Waals surface area contributed by atoms with Crippen molar-refractivity contribution in [1.29, 1.82) is 0 Å². The standard InChI is InChI=1S/C18H30N2O/c1-4-6-14-7-9-15(10-8-14)18(19-3)16-11-17(21-5-2)13-20-12-16/h11-15,18-19H,4-10H2,1-3H3. The molecule has 0 amide bonds. The fraction of sp³-hybridized carbons (Fsp3) is 0.722. The Morgan fingerprint density at radius 2 is 2.00 bits per heavy atom. The molecule has 1 aliphatic rings. The number of aromatic nitrogens is 1. The monoisotopic (exact) mass is 290 g/mol. The molecule has 1 unspecified atom stereocenters. The number of ether oxygens (including phenoxy) is 1. The van der Waals surface area contributed by atoms with Crippen molar-refractivity contribution >= 4 is 0 Å². The molecule has 0 bridgehead atoms. The highest BCUT2D eigenvalue weighted by molar-refractivity contribution is 5.26. The van der Waals surface area contributed by atoms with Crippen molar-refractivity contribution in [3.8, 4) is 5.75 Å². The quantitative estimate of drug-likeness (QED) is 0.810. The molecule has 0 aromatic carbocycles. The van der Waals surface area contributed by atoms with Crippen LogP contribution in [0, 0.1) is 11.8 Å². The number of hydrogen-bond acceptors (Lipinski definition) is 3. The van der Waals surface area contributed by atoms with Gasteiger partial charge in [-0.1, -0.05) is 32.6 Å². The molecule has 3 nitrogen and oxygen atoms in total. The normalized spacial score (nSPS) is 23.8. The highest BCUT2D eigenvalue weighted by Crippen LogP contribution is 2.38. The van der Waals surface area contributed by atoms with Gasteiger partial charge in [0.25, 0.3) is 0 Å². The summed E-state index contributed by atoms with van der Waals surface area (Å²) in [6.07, 6.45) is 11.9. The molecule has 1 aromatic rings. The number of nitrogens with one attached hydrogen (secondary N) is 1. The molecule has 0 radical (unpaired) electrons. The van der Waals surface area contributed by atoms with Crippen molar-refractivity contribution in [3.05, 3.63) is 24.0 Å². The fourth-order valence-corrected chi connectivity index (χ4v) is 3.74. The van der Waals surface area contributed by atoms with Crippen LogP contribution in [0.15, 0.2) is 18.5 Å². The van der Waals surface area contributed by atoms with Gasteiger partial charge in [0.15, 0.2) is 0 Å². The largest absolute Gasteiger partial charge is 0.492 e. The van der Waals surface area contributed by atoms with Gasteiger partial charge in [-0.3, -0.25) is 4.98 Å². The molecular weight excluding hydrogens is 260 g/mol. The SMILES string of the molecule is CCCC1CCC(C(NC)c2cncc(OCC)c2)CC1. The summed E-state index contributed by atoms with van der Waals surface area (Å²) in [5.74, 6) is 2.56. The van der Waals surface area contributed by atoms with Crippen molar-refractivity contribution < 1.29 is 4.74 Å². The second-order valence-corrected chi connectivity index (χ2v) is 6.22. The zero-order valence-electron chi connectivity index (χ0n) is 13.8. The summed E-state index contributed by atoms with van der Waals surface area (Å²) in [4.78, 5) is 4.35. The average molecular weight is 290 g/mol. The molecule has 0 saturated heterocycles. The van der Waals surface area contributed by atoms with E-state index < -0.39 is 0 Å². The molecule has 1 heterocycles. The highest BCUT2D eigenvalue weighted by Gasteiger charge is 2.27. The maximum absolute atomic E-state index is 5.59. The third-order valence-electron chi connectivity index (χ3n) is 4.78. The average Bonchev–Trinajstić information content (AvgIpc) is 2.51. The van der Waals surface area contributed by atoms with Crippen LogP contribution in [0.2, 0.25) is 0 Å². The summed E-state index contributed by atoms with van der Waals surface area (Å²) < 4.78 is 5.59. The lowest BCUT2D eigenvalue weighted by atomic mass is 9.75. The predicted octanol–water partition coefficient (Wildman–Crippen LogP) is 4.35. The van der Waals surface area contributed by atoms with Gasteiger partial charge in [0.1, 0.15) is 5.75 Å². The van der Waals surface area contributed by atoms with Gasteiger partial charge < -0.3 is 10.1 Å². The minimum absolute atomic E-state index is 0.403. The van der Waals surface area contributed by atoms with Crippen LogP contribution < -0.4 is 10.1 Å². The van der Waals surface area contributed by atoms with Gasteiger partial charge in [-0.25, -0.2) is 0 Å². The molecule has 1 aliphatic carbocycles. The van der Waals surface area contributed by atoms with E-state index >= 15 is 0 Å². The Labute approximate surface area is 129 Å². The number of hydrogen-bond donors (Lipinski definition) is 1. The maximum atomic E-state index is 5.59. The van der Waals surface area contributed by atoms with E-state index in [-0.39, 0.29) is 0 Å². The van der Waals surface area contributed by atoms with Gasteiger partial charge in [0, 0.05) is 12.2 Å². The van der Waals surface area contributed by atoms with Crippen molar-refractivity contribution in [3.63, 3.8) is 0 Å². The first kappa shape index (κ1) is 16.3. The zero-order valence-corrected chi connectivity index (χ0v) is 13.8. The molecule has 2 rings (SSSR count). The van der Waals surface area contributed by atoms with Crippen LogP contribution in [0.3, 0.4) is 0 Å². The number of rotatable bonds is 7. The van der Waals surface area contributed by atoms with E-state index in [1.165, 1.54) is 44.1 Å². The Morgan fingerprint density at radius 1 is 1.24 bits per heavy atom. The van der Waals surface area contributed by atoms with Crippen LogP contribution in [0.25, 0.3) is 0 Å². The lowest BCUT2D eigenvalue weighted by molar-refractivity contribution is 0.219. The number of nitrogens with zero attached hydrogens (tertiary/aromatic N) is 1. The first-order valence-corrected chi connectivity index (χ1v) is 8.53. The topological polar surface area (TPSA) is 34.2 Å². The summed E-state index contributed by atoms with van der Waals surface area (Å²) in [5.41, 5.74) is 1.27. The molecule has 21 heavy (non-hydrogen) atoms. The van der Waals surface area contributed by atoms with Gasteiger partial charge in [0.05, 0.1) is 12.8 Å². The van der Waals surface area contributed by atoms with Crippen molar-refractivity contribution in [1.82, 2.24) is 10.3 Å². The molecule has 0 aliphatic heterocycles. The van der Waals surface area contributed by atoms with Crippen LogP contribution in [0.5, 0.6) is 5.75 Å². The van der Waals surface area contributed by atoms with Gasteiger partial charge >= 0.3 is 0 Å². The second kappa shape index (κ2) is 8.38. The Hall–Kier alpha value is -1.09. The Morgan fingerprint density at radius 3 is 2.62 bits per heavy atom. The maximum Gasteiger partial charge on any atom is 0.137 e.